The predicted octanol–water partition coefficient (Wildman–Crippen LogP) is 2.43. The number of ether oxygens (including phenoxy) is 2. The topological polar surface area (TPSA) is 76.0 Å². The van der Waals surface area contributed by atoms with Crippen LogP contribution in [0.3, 0.4) is 0 Å². The van der Waals surface area contributed by atoms with Gasteiger partial charge in [-0.25, -0.2) is 4.79 Å². The van der Waals surface area contributed by atoms with Crippen LogP contribution in [0.15, 0.2) is 10.5 Å². The summed E-state index contributed by atoms with van der Waals surface area (Å²) in [4.78, 5) is 11.4. The molecule has 0 aliphatic rings. The van der Waals surface area contributed by atoms with Crippen molar-refractivity contribution < 1.29 is 24.5 Å². The Labute approximate surface area is 107 Å². The van der Waals surface area contributed by atoms with Crippen LogP contribution in [0.25, 0.3) is 0 Å². The molecule has 94 valence electrons. The lowest BCUT2D eigenvalue weighted by atomic mass is 10.2. The Morgan fingerprint density at radius 1 is 1.35 bits per heavy atom. The van der Waals surface area contributed by atoms with Gasteiger partial charge in [0, 0.05) is 0 Å². The Morgan fingerprint density at radius 3 is 2.41 bits per heavy atom. The van der Waals surface area contributed by atoms with Gasteiger partial charge in [0.25, 0.3) is 0 Å². The van der Waals surface area contributed by atoms with Crippen LogP contribution in [0.4, 0.5) is 0 Å². The van der Waals surface area contributed by atoms with E-state index in [9.17, 15) is 15.0 Å². The Morgan fingerprint density at radius 2 is 1.94 bits per heavy atom. The van der Waals surface area contributed by atoms with Crippen LogP contribution in [0, 0.1) is 0 Å². The molecule has 0 amide bonds. The average Bonchev–Trinajstić information content (AvgIpc) is 2.28. The van der Waals surface area contributed by atoms with Gasteiger partial charge in [-0.1, -0.05) is 0 Å². The van der Waals surface area contributed by atoms with E-state index in [1.54, 1.807) is 13.8 Å². The second kappa shape index (κ2) is 5.27. The summed E-state index contributed by atoms with van der Waals surface area (Å²) in [6.07, 6.45) is -0.202. The third-order valence-corrected chi connectivity index (χ3v) is 2.75. The van der Waals surface area contributed by atoms with E-state index in [-0.39, 0.29) is 21.9 Å². The lowest BCUT2D eigenvalue weighted by Crippen LogP contribution is -2.08. The fourth-order valence-corrected chi connectivity index (χ4v) is 1.68. The molecule has 0 radical (unpaired) electrons. The highest BCUT2D eigenvalue weighted by atomic mass is 79.9. The van der Waals surface area contributed by atoms with E-state index in [0.717, 1.165) is 0 Å². The molecule has 0 unspecified atom stereocenters. The Kier molecular flexibility index (Phi) is 4.22. The van der Waals surface area contributed by atoms with Crippen molar-refractivity contribution in [1.82, 2.24) is 0 Å². The summed E-state index contributed by atoms with van der Waals surface area (Å²) in [7, 11) is 1.22. The summed E-state index contributed by atoms with van der Waals surface area (Å²) in [5.74, 6) is -1.48. The van der Waals surface area contributed by atoms with E-state index in [2.05, 4.69) is 20.7 Å². The van der Waals surface area contributed by atoms with Crippen molar-refractivity contribution in [2.24, 2.45) is 0 Å². The highest BCUT2D eigenvalue weighted by Gasteiger charge is 2.21. The molecule has 0 aliphatic carbocycles. The molecule has 0 aromatic heterocycles. The molecule has 0 spiro atoms. The summed E-state index contributed by atoms with van der Waals surface area (Å²) in [6, 6.07) is 1.31. The van der Waals surface area contributed by atoms with E-state index < -0.39 is 17.5 Å². The number of methoxy groups -OCH3 is 1. The molecule has 1 aromatic carbocycles. The van der Waals surface area contributed by atoms with Crippen molar-refractivity contribution in [3.63, 3.8) is 0 Å². The highest BCUT2D eigenvalue weighted by Crippen LogP contribution is 2.43. The number of phenolic OH excluding ortho intramolecular Hbond substituents is 2. The molecule has 0 saturated heterocycles. The molecule has 0 atom stereocenters. The third-order valence-electron chi connectivity index (χ3n) is 1.95. The van der Waals surface area contributed by atoms with Crippen LogP contribution in [-0.4, -0.2) is 29.4 Å². The number of benzene rings is 1. The molecule has 0 heterocycles. The first kappa shape index (κ1) is 13.6. The maximum Gasteiger partial charge on any atom is 0.339 e. The molecule has 0 fully saturated rings. The van der Waals surface area contributed by atoms with Crippen LogP contribution < -0.4 is 4.74 Å². The Balaban J connectivity index is 3.33. The highest BCUT2D eigenvalue weighted by molar-refractivity contribution is 9.10. The van der Waals surface area contributed by atoms with E-state index in [4.69, 9.17) is 4.74 Å². The number of carbonyl (C=O) groups excluding carboxylic acids is 1. The fourth-order valence-electron chi connectivity index (χ4n) is 1.21. The summed E-state index contributed by atoms with van der Waals surface area (Å²) in [5.41, 5.74) is 0.0819. The molecule has 1 rings (SSSR count). The average molecular weight is 305 g/mol. The third kappa shape index (κ3) is 2.82. The van der Waals surface area contributed by atoms with E-state index in [1.807, 2.05) is 0 Å². The van der Waals surface area contributed by atoms with Crippen LogP contribution in [0.2, 0.25) is 0 Å². The van der Waals surface area contributed by atoms with Gasteiger partial charge in [0.1, 0.15) is 0 Å². The van der Waals surface area contributed by atoms with Crippen LogP contribution >= 0.6 is 15.9 Å². The smallest absolute Gasteiger partial charge is 0.339 e. The number of halogens is 1. The molecular weight excluding hydrogens is 292 g/mol. The lowest BCUT2D eigenvalue weighted by Gasteiger charge is -2.14. The van der Waals surface area contributed by atoms with E-state index >= 15 is 0 Å². The summed E-state index contributed by atoms with van der Waals surface area (Å²) in [6.45, 7) is 3.52. The number of esters is 1. The Hall–Kier alpha value is -1.43. The second-order valence-corrected chi connectivity index (χ2v) is 4.38. The van der Waals surface area contributed by atoms with Gasteiger partial charge in [0.2, 0.25) is 5.75 Å². The van der Waals surface area contributed by atoms with Gasteiger partial charge in [-0.15, -0.1) is 0 Å². The molecule has 6 heteroatoms. The van der Waals surface area contributed by atoms with Crippen molar-refractivity contribution in [3.8, 4) is 17.2 Å². The molecular formula is C11H13BrO5. The van der Waals surface area contributed by atoms with Crippen molar-refractivity contribution >= 4 is 21.9 Å². The monoisotopic (exact) mass is 304 g/mol. The first-order valence-electron chi connectivity index (χ1n) is 4.87. The minimum absolute atomic E-state index is 0.0288. The zero-order valence-electron chi connectivity index (χ0n) is 9.65. The van der Waals surface area contributed by atoms with E-state index in [0.29, 0.717) is 0 Å². The van der Waals surface area contributed by atoms with Crippen molar-refractivity contribution in [3.05, 3.63) is 16.1 Å². The first-order valence-corrected chi connectivity index (χ1v) is 5.67. The van der Waals surface area contributed by atoms with Gasteiger partial charge >= 0.3 is 5.97 Å². The standard InChI is InChI=1S/C11H13BrO5/c1-5(2)17-7-4-6(11(15)16-3)8(12)10(14)9(7)13/h4-5,13-14H,1-3H3. The summed E-state index contributed by atoms with van der Waals surface area (Å²) in [5, 5.41) is 19.3. The minimum atomic E-state index is -0.638. The van der Waals surface area contributed by atoms with Gasteiger partial charge in [0.15, 0.2) is 11.5 Å². The number of phenols is 2. The van der Waals surface area contributed by atoms with Crippen molar-refractivity contribution in [2.45, 2.75) is 20.0 Å². The SMILES string of the molecule is COC(=O)c1cc(OC(C)C)c(O)c(O)c1Br. The molecule has 0 aliphatic heterocycles. The van der Waals surface area contributed by atoms with Gasteiger partial charge in [-0.05, 0) is 35.8 Å². The van der Waals surface area contributed by atoms with E-state index in [1.165, 1.54) is 13.2 Å². The second-order valence-electron chi connectivity index (χ2n) is 3.59. The van der Waals surface area contributed by atoms with Crippen LogP contribution in [0.1, 0.15) is 24.2 Å². The quantitative estimate of drug-likeness (QED) is 0.662. The number of aromatic hydroxyl groups is 2. The van der Waals surface area contributed by atoms with Gasteiger partial charge < -0.3 is 19.7 Å². The number of hydrogen-bond acceptors (Lipinski definition) is 5. The molecule has 0 saturated carbocycles. The summed E-state index contributed by atoms with van der Waals surface area (Å²) < 4.78 is 9.90. The molecule has 2 N–H and O–H groups in total. The minimum Gasteiger partial charge on any atom is -0.503 e. The number of rotatable bonds is 3. The largest absolute Gasteiger partial charge is 0.503 e. The fraction of sp³-hybridized carbons (Fsp3) is 0.364. The Bertz CT molecular complexity index is 442. The van der Waals surface area contributed by atoms with Gasteiger partial charge in [0.05, 0.1) is 23.2 Å². The normalized spacial score (nSPS) is 10.4. The number of carbonyl (C=O) groups is 1. The molecule has 1 aromatic rings. The van der Waals surface area contributed by atoms with Crippen LogP contribution in [-0.2, 0) is 4.74 Å². The maximum atomic E-state index is 11.4. The lowest BCUT2D eigenvalue weighted by molar-refractivity contribution is 0.0598. The molecule has 17 heavy (non-hydrogen) atoms. The van der Waals surface area contributed by atoms with Gasteiger partial charge in [-0.3, -0.25) is 0 Å². The summed E-state index contributed by atoms with van der Waals surface area (Å²) >= 11 is 3.01. The maximum absolute atomic E-state index is 11.4. The first-order chi connectivity index (χ1) is 7.88. The van der Waals surface area contributed by atoms with Crippen molar-refractivity contribution in [2.75, 3.05) is 7.11 Å². The zero-order chi connectivity index (χ0) is 13.2. The van der Waals surface area contributed by atoms with Gasteiger partial charge in [-0.2, -0.15) is 0 Å². The number of hydrogen-bond donors (Lipinski definition) is 2. The molecule has 0 bridgehead atoms. The van der Waals surface area contributed by atoms with Crippen molar-refractivity contribution in [1.29, 1.82) is 0 Å². The zero-order valence-corrected chi connectivity index (χ0v) is 11.2. The predicted molar refractivity (Wildman–Crippen MR) is 64.6 cm³/mol. The van der Waals surface area contributed by atoms with Crippen LogP contribution in [0.5, 0.6) is 17.2 Å². The molecule has 5 nitrogen and oxygen atoms in total.